The van der Waals surface area contributed by atoms with E-state index in [0.717, 1.165) is 24.5 Å². The summed E-state index contributed by atoms with van der Waals surface area (Å²) in [5, 5.41) is 3.40. The smallest absolute Gasteiger partial charge is 0.212 e. The van der Waals surface area contributed by atoms with Gasteiger partial charge in [0.05, 0.1) is 7.11 Å². The average molecular weight is 296 g/mol. The molecular weight excluding hydrogens is 276 g/mol. The van der Waals surface area contributed by atoms with Gasteiger partial charge in [0.2, 0.25) is 5.88 Å². The number of nitrogens with one attached hydrogen (secondary N) is 1. The lowest BCUT2D eigenvalue weighted by atomic mass is 10.2. The highest BCUT2D eigenvalue weighted by Gasteiger charge is 2.22. The molecule has 5 nitrogen and oxygen atoms in total. The molecule has 0 atom stereocenters. The number of rotatable bonds is 3. The molecule has 1 aromatic carbocycles. The number of hydrogen-bond acceptors (Lipinski definition) is 3. The number of pyridine rings is 1. The van der Waals surface area contributed by atoms with E-state index in [0.29, 0.717) is 12.4 Å². The topological polar surface area (TPSA) is 49.8 Å². The van der Waals surface area contributed by atoms with E-state index < -0.39 is 0 Å². The first-order valence-electron chi connectivity index (χ1n) is 7.37. The number of aliphatic imine (C=N–C) groups is 1. The molecule has 0 bridgehead atoms. The summed E-state index contributed by atoms with van der Waals surface area (Å²) < 4.78 is 5.07. The lowest BCUT2D eigenvalue weighted by Gasteiger charge is -2.22. The van der Waals surface area contributed by atoms with Gasteiger partial charge in [0.15, 0.2) is 5.96 Å². The molecule has 22 heavy (non-hydrogen) atoms. The normalized spacial score (nSPS) is 13.9. The van der Waals surface area contributed by atoms with Crippen molar-refractivity contribution in [2.24, 2.45) is 4.99 Å². The van der Waals surface area contributed by atoms with E-state index in [4.69, 9.17) is 4.74 Å². The van der Waals surface area contributed by atoms with Crippen LogP contribution in [0.3, 0.4) is 0 Å². The molecule has 3 rings (SSSR count). The van der Waals surface area contributed by atoms with Crippen molar-refractivity contribution in [3.8, 4) is 5.88 Å². The second-order valence-corrected chi connectivity index (χ2v) is 5.14. The highest BCUT2D eigenvalue weighted by atomic mass is 16.5. The molecule has 0 amide bonds. The van der Waals surface area contributed by atoms with Crippen LogP contribution in [0.4, 0.5) is 5.69 Å². The van der Waals surface area contributed by atoms with E-state index in [1.54, 1.807) is 7.11 Å². The van der Waals surface area contributed by atoms with Crippen LogP contribution in [0.5, 0.6) is 5.88 Å². The number of benzene rings is 1. The summed E-state index contributed by atoms with van der Waals surface area (Å²) >= 11 is 0. The first-order chi connectivity index (χ1) is 10.8. The van der Waals surface area contributed by atoms with Crippen molar-refractivity contribution in [2.75, 3.05) is 25.6 Å². The summed E-state index contributed by atoms with van der Waals surface area (Å²) in [5.74, 6) is 1.52. The molecule has 1 aromatic heterocycles. The molecule has 2 aromatic rings. The van der Waals surface area contributed by atoms with E-state index in [2.05, 4.69) is 44.5 Å². The fraction of sp³-hybridized carbons (Fsp3) is 0.294. The summed E-state index contributed by atoms with van der Waals surface area (Å²) in [4.78, 5) is 10.9. The van der Waals surface area contributed by atoms with Crippen molar-refractivity contribution < 1.29 is 4.74 Å². The Balaban J connectivity index is 1.68. The van der Waals surface area contributed by atoms with E-state index in [9.17, 15) is 0 Å². The summed E-state index contributed by atoms with van der Waals surface area (Å²) in [5.41, 5.74) is 3.70. The molecule has 1 N–H and O–H groups in total. The molecule has 0 fully saturated rings. The van der Waals surface area contributed by atoms with Gasteiger partial charge in [0.1, 0.15) is 0 Å². The number of para-hydroxylation sites is 1. The maximum Gasteiger partial charge on any atom is 0.212 e. The number of aromatic nitrogens is 1. The molecular formula is C17H20N4O. The van der Waals surface area contributed by atoms with Crippen molar-refractivity contribution >= 4 is 11.6 Å². The number of anilines is 1. The van der Waals surface area contributed by atoms with E-state index in [-0.39, 0.29) is 0 Å². The summed E-state index contributed by atoms with van der Waals surface area (Å²) in [6.45, 7) is 1.64. The molecule has 2 heterocycles. The average Bonchev–Trinajstić information content (AvgIpc) is 3.00. The van der Waals surface area contributed by atoms with Crippen LogP contribution in [0.1, 0.15) is 11.1 Å². The van der Waals surface area contributed by atoms with Crippen LogP contribution >= 0.6 is 0 Å². The molecule has 1 aliphatic heterocycles. The molecule has 0 radical (unpaired) electrons. The fourth-order valence-corrected chi connectivity index (χ4v) is 2.67. The predicted molar refractivity (Wildman–Crippen MR) is 88.5 cm³/mol. The Morgan fingerprint density at radius 1 is 1.32 bits per heavy atom. The van der Waals surface area contributed by atoms with Gasteiger partial charge in [-0.1, -0.05) is 24.3 Å². The lowest BCUT2D eigenvalue weighted by Crippen LogP contribution is -2.40. The first kappa shape index (κ1) is 14.4. The molecule has 114 valence electrons. The standard InChI is InChI=1S/C17H20N4O/c1-18-17(20-12-13-7-8-16(22-2)19-11-13)21-10-9-14-5-3-4-6-15(14)21/h3-8,11H,9-10,12H2,1-2H3,(H,18,20). The molecule has 0 spiro atoms. The van der Waals surface area contributed by atoms with E-state index in [1.807, 2.05) is 25.4 Å². The molecule has 0 saturated carbocycles. The van der Waals surface area contributed by atoms with Crippen LogP contribution in [0, 0.1) is 0 Å². The van der Waals surface area contributed by atoms with Crippen LogP contribution in [0.25, 0.3) is 0 Å². The molecule has 5 heteroatoms. The molecule has 0 saturated heterocycles. The Kier molecular flexibility index (Phi) is 4.23. The number of methoxy groups -OCH3 is 1. The number of nitrogens with zero attached hydrogens (tertiary/aromatic N) is 3. The van der Waals surface area contributed by atoms with Crippen LogP contribution in [0.15, 0.2) is 47.6 Å². The second-order valence-electron chi connectivity index (χ2n) is 5.14. The van der Waals surface area contributed by atoms with Crippen LogP contribution in [-0.2, 0) is 13.0 Å². The van der Waals surface area contributed by atoms with Crippen molar-refractivity contribution in [2.45, 2.75) is 13.0 Å². The van der Waals surface area contributed by atoms with Gasteiger partial charge in [-0.25, -0.2) is 4.98 Å². The van der Waals surface area contributed by atoms with Crippen LogP contribution in [-0.4, -0.2) is 31.6 Å². The second kappa shape index (κ2) is 6.47. The maximum atomic E-state index is 5.07. The Hall–Kier alpha value is -2.56. The van der Waals surface area contributed by atoms with Crippen LogP contribution in [0.2, 0.25) is 0 Å². The van der Waals surface area contributed by atoms with E-state index >= 15 is 0 Å². The summed E-state index contributed by atoms with van der Waals surface area (Å²) in [6, 6.07) is 12.3. The zero-order valence-electron chi connectivity index (χ0n) is 12.9. The molecule has 1 aliphatic rings. The van der Waals surface area contributed by atoms with Gasteiger partial charge in [-0.2, -0.15) is 0 Å². The minimum atomic E-state index is 0.626. The van der Waals surface area contributed by atoms with Gasteiger partial charge >= 0.3 is 0 Å². The SMILES string of the molecule is CN=C(NCc1ccc(OC)nc1)N1CCc2ccccc21. The highest BCUT2D eigenvalue weighted by Crippen LogP contribution is 2.27. The Morgan fingerprint density at radius 3 is 2.91 bits per heavy atom. The zero-order chi connectivity index (χ0) is 15.4. The number of guanidine groups is 1. The minimum absolute atomic E-state index is 0.626. The van der Waals surface area contributed by atoms with Crippen molar-refractivity contribution in [3.63, 3.8) is 0 Å². The van der Waals surface area contributed by atoms with Gasteiger partial charge in [0, 0.05) is 38.1 Å². The monoisotopic (exact) mass is 296 g/mol. The zero-order valence-corrected chi connectivity index (χ0v) is 12.9. The predicted octanol–water partition coefficient (Wildman–Crippen LogP) is 2.23. The molecule has 0 aliphatic carbocycles. The number of hydrogen-bond donors (Lipinski definition) is 1. The minimum Gasteiger partial charge on any atom is -0.481 e. The quantitative estimate of drug-likeness (QED) is 0.697. The van der Waals surface area contributed by atoms with Gasteiger partial charge in [-0.05, 0) is 23.6 Å². The summed E-state index contributed by atoms with van der Waals surface area (Å²) in [7, 11) is 3.43. The van der Waals surface area contributed by atoms with Gasteiger partial charge in [-0.3, -0.25) is 4.99 Å². The number of ether oxygens (including phenoxy) is 1. The third-order valence-electron chi connectivity index (χ3n) is 3.81. The third kappa shape index (κ3) is 2.88. The largest absolute Gasteiger partial charge is 0.481 e. The van der Waals surface area contributed by atoms with Crippen molar-refractivity contribution in [3.05, 3.63) is 53.7 Å². The van der Waals surface area contributed by atoms with Crippen molar-refractivity contribution in [1.29, 1.82) is 0 Å². The van der Waals surface area contributed by atoms with Gasteiger partial charge in [-0.15, -0.1) is 0 Å². The summed E-state index contributed by atoms with van der Waals surface area (Å²) in [6.07, 6.45) is 2.87. The van der Waals surface area contributed by atoms with Gasteiger partial charge in [0.25, 0.3) is 0 Å². The first-order valence-corrected chi connectivity index (χ1v) is 7.37. The van der Waals surface area contributed by atoms with Crippen molar-refractivity contribution in [1.82, 2.24) is 10.3 Å². The Bertz CT molecular complexity index is 667. The third-order valence-corrected chi connectivity index (χ3v) is 3.81. The van der Waals surface area contributed by atoms with Gasteiger partial charge < -0.3 is 15.0 Å². The maximum absolute atomic E-state index is 5.07. The Labute approximate surface area is 130 Å². The molecule has 0 unspecified atom stereocenters. The number of fused-ring (bicyclic) bond motifs is 1. The lowest BCUT2D eigenvalue weighted by molar-refractivity contribution is 0.397. The fourth-order valence-electron chi connectivity index (χ4n) is 2.67. The van der Waals surface area contributed by atoms with E-state index in [1.165, 1.54) is 11.3 Å². The highest BCUT2D eigenvalue weighted by molar-refractivity contribution is 5.97. The Morgan fingerprint density at radius 2 is 2.18 bits per heavy atom. The van der Waals surface area contributed by atoms with Crippen LogP contribution < -0.4 is 15.0 Å².